The fourth-order valence-corrected chi connectivity index (χ4v) is 2.97. The van der Waals surface area contributed by atoms with Gasteiger partial charge in [0.05, 0.1) is 22.3 Å². The van der Waals surface area contributed by atoms with E-state index in [9.17, 15) is 0 Å². The highest BCUT2D eigenvalue weighted by molar-refractivity contribution is 6.33. The van der Waals surface area contributed by atoms with Gasteiger partial charge in [0.2, 0.25) is 0 Å². The van der Waals surface area contributed by atoms with Gasteiger partial charge in [-0.25, -0.2) is 0 Å². The molecule has 0 atom stereocenters. The molecule has 2 nitrogen and oxygen atoms in total. The van der Waals surface area contributed by atoms with Crippen molar-refractivity contribution in [1.29, 1.82) is 5.26 Å². The Morgan fingerprint density at radius 3 is 1.79 bits per heavy atom. The predicted molar refractivity (Wildman–Crippen MR) is 98.9 cm³/mol. The van der Waals surface area contributed by atoms with Crippen molar-refractivity contribution < 1.29 is 0 Å². The zero-order chi connectivity index (χ0) is 16.8. The highest BCUT2D eigenvalue weighted by Crippen LogP contribution is 2.29. The van der Waals surface area contributed by atoms with Gasteiger partial charge >= 0.3 is 0 Å². The van der Waals surface area contributed by atoms with Crippen LogP contribution in [0.4, 0.5) is 5.69 Å². The van der Waals surface area contributed by atoms with Gasteiger partial charge in [-0.3, -0.25) is 0 Å². The molecular weight excluding hydrogens is 316 g/mol. The molecule has 3 rings (SSSR count). The molecule has 0 aromatic heterocycles. The number of nitriles is 1. The normalized spacial score (nSPS) is 10.2. The lowest BCUT2D eigenvalue weighted by Gasteiger charge is -2.26. The van der Waals surface area contributed by atoms with Crippen LogP contribution in [0.3, 0.4) is 0 Å². The van der Waals surface area contributed by atoms with E-state index >= 15 is 0 Å². The Labute approximate surface area is 147 Å². The van der Waals surface area contributed by atoms with Crippen molar-refractivity contribution in [3.8, 4) is 6.07 Å². The quantitative estimate of drug-likeness (QED) is 0.624. The molecular formula is C21H17ClN2. The summed E-state index contributed by atoms with van der Waals surface area (Å²) in [5.41, 5.74) is 3.94. The van der Waals surface area contributed by atoms with Gasteiger partial charge in [-0.15, -0.1) is 0 Å². The van der Waals surface area contributed by atoms with E-state index in [1.165, 1.54) is 11.1 Å². The Kier molecular flexibility index (Phi) is 5.15. The average molecular weight is 333 g/mol. The lowest BCUT2D eigenvalue weighted by Crippen LogP contribution is -2.22. The third-order valence-electron chi connectivity index (χ3n) is 3.85. The van der Waals surface area contributed by atoms with Gasteiger partial charge in [0.25, 0.3) is 0 Å². The predicted octanol–water partition coefficient (Wildman–Crippen LogP) is 5.42. The van der Waals surface area contributed by atoms with Crippen molar-refractivity contribution in [1.82, 2.24) is 0 Å². The first-order chi connectivity index (χ1) is 11.8. The van der Waals surface area contributed by atoms with Crippen LogP contribution >= 0.6 is 11.6 Å². The van der Waals surface area contributed by atoms with Gasteiger partial charge in [0.1, 0.15) is 0 Å². The first kappa shape index (κ1) is 16.1. The lowest BCUT2D eigenvalue weighted by molar-refractivity contribution is 0.800. The standard InChI is InChI=1S/C21H17ClN2/c22-20-13-19(14-23)11-12-21(20)24(15-17-7-3-1-4-8-17)16-18-9-5-2-6-10-18/h1-13H,15-16H2. The summed E-state index contributed by atoms with van der Waals surface area (Å²) < 4.78 is 0. The van der Waals surface area contributed by atoms with Crippen LogP contribution in [0.25, 0.3) is 0 Å². The molecule has 0 bridgehead atoms. The third kappa shape index (κ3) is 3.95. The SMILES string of the molecule is N#Cc1ccc(N(Cc2ccccc2)Cc2ccccc2)c(Cl)c1. The minimum absolute atomic E-state index is 0.572. The molecule has 0 N–H and O–H groups in total. The third-order valence-corrected chi connectivity index (χ3v) is 4.15. The number of rotatable bonds is 5. The summed E-state index contributed by atoms with van der Waals surface area (Å²) in [4.78, 5) is 2.23. The number of anilines is 1. The number of benzene rings is 3. The summed E-state index contributed by atoms with van der Waals surface area (Å²) in [6.07, 6.45) is 0. The van der Waals surface area contributed by atoms with Gasteiger partial charge < -0.3 is 4.90 Å². The van der Waals surface area contributed by atoms with E-state index in [1.54, 1.807) is 6.07 Å². The second-order valence-corrected chi connectivity index (χ2v) is 6.01. The molecule has 0 saturated heterocycles. The molecule has 0 fully saturated rings. The zero-order valence-electron chi connectivity index (χ0n) is 13.2. The van der Waals surface area contributed by atoms with Crippen LogP contribution in [-0.4, -0.2) is 0 Å². The van der Waals surface area contributed by atoms with E-state index in [4.69, 9.17) is 16.9 Å². The monoisotopic (exact) mass is 332 g/mol. The molecule has 3 aromatic carbocycles. The minimum Gasteiger partial charge on any atom is -0.362 e. The molecule has 0 aliphatic rings. The van der Waals surface area contributed by atoms with E-state index in [-0.39, 0.29) is 0 Å². The summed E-state index contributed by atoms with van der Waals surface area (Å²) >= 11 is 6.44. The van der Waals surface area contributed by atoms with Crippen molar-refractivity contribution in [3.63, 3.8) is 0 Å². The van der Waals surface area contributed by atoms with Crippen LogP contribution < -0.4 is 4.90 Å². The van der Waals surface area contributed by atoms with Gasteiger partial charge in [-0.05, 0) is 29.3 Å². The van der Waals surface area contributed by atoms with E-state index in [0.717, 1.165) is 18.8 Å². The van der Waals surface area contributed by atoms with Crippen molar-refractivity contribution in [2.75, 3.05) is 4.90 Å². The number of nitrogens with zero attached hydrogens (tertiary/aromatic N) is 2. The Hall–Kier alpha value is -2.76. The van der Waals surface area contributed by atoms with Crippen molar-refractivity contribution in [3.05, 3.63) is 101 Å². The molecule has 0 spiro atoms. The molecule has 118 valence electrons. The zero-order valence-corrected chi connectivity index (χ0v) is 13.9. The van der Waals surface area contributed by atoms with Crippen LogP contribution in [0.15, 0.2) is 78.9 Å². The summed E-state index contributed by atoms with van der Waals surface area (Å²) in [5.74, 6) is 0. The van der Waals surface area contributed by atoms with E-state index in [0.29, 0.717) is 10.6 Å². The number of hydrogen-bond donors (Lipinski definition) is 0. The Morgan fingerprint density at radius 1 is 0.792 bits per heavy atom. The second-order valence-electron chi connectivity index (χ2n) is 5.61. The second kappa shape index (κ2) is 7.68. The van der Waals surface area contributed by atoms with Gasteiger partial charge in [0.15, 0.2) is 0 Å². The maximum Gasteiger partial charge on any atom is 0.0992 e. The van der Waals surface area contributed by atoms with Crippen LogP contribution in [0.5, 0.6) is 0 Å². The summed E-state index contributed by atoms with van der Waals surface area (Å²) in [6.45, 7) is 1.50. The molecule has 3 heteroatoms. The fraction of sp³-hybridized carbons (Fsp3) is 0.0952. The Morgan fingerprint density at radius 2 is 1.33 bits per heavy atom. The number of halogens is 1. The van der Waals surface area contributed by atoms with E-state index in [2.05, 4.69) is 35.2 Å². The molecule has 3 aromatic rings. The summed E-state index contributed by atoms with van der Waals surface area (Å²) in [5, 5.41) is 9.64. The highest BCUT2D eigenvalue weighted by Gasteiger charge is 2.12. The lowest BCUT2D eigenvalue weighted by atomic mass is 10.1. The number of hydrogen-bond acceptors (Lipinski definition) is 2. The van der Waals surface area contributed by atoms with Crippen LogP contribution in [-0.2, 0) is 13.1 Å². The maximum atomic E-state index is 9.04. The molecule has 0 radical (unpaired) electrons. The molecule has 0 unspecified atom stereocenters. The van der Waals surface area contributed by atoms with E-state index < -0.39 is 0 Å². The van der Waals surface area contributed by atoms with Crippen LogP contribution in [0.2, 0.25) is 5.02 Å². The summed E-state index contributed by atoms with van der Waals surface area (Å²) in [7, 11) is 0. The minimum atomic E-state index is 0.572. The fourth-order valence-electron chi connectivity index (χ4n) is 2.67. The Balaban J connectivity index is 1.93. The van der Waals surface area contributed by atoms with Crippen molar-refractivity contribution in [2.45, 2.75) is 13.1 Å². The van der Waals surface area contributed by atoms with Crippen LogP contribution in [0.1, 0.15) is 16.7 Å². The highest BCUT2D eigenvalue weighted by atomic mass is 35.5. The molecule has 0 heterocycles. The molecule has 0 aliphatic heterocycles. The molecule has 0 amide bonds. The van der Waals surface area contributed by atoms with Crippen LogP contribution in [0, 0.1) is 11.3 Å². The molecule has 24 heavy (non-hydrogen) atoms. The van der Waals surface area contributed by atoms with Gasteiger partial charge in [0, 0.05) is 13.1 Å². The van der Waals surface area contributed by atoms with Gasteiger partial charge in [-0.2, -0.15) is 5.26 Å². The first-order valence-electron chi connectivity index (χ1n) is 7.79. The summed E-state index contributed by atoms with van der Waals surface area (Å²) in [6, 6.07) is 28.2. The average Bonchev–Trinajstić information content (AvgIpc) is 2.63. The van der Waals surface area contributed by atoms with Gasteiger partial charge in [-0.1, -0.05) is 72.3 Å². The van der Waals surface area contributed by atoms with Crippen molar-refractivity contribution in [2.24, 2.45) is 0 Å². The topological polar surface area (TPSA) is 27.0 Å². The first-order valence-corrected chi connectivity index (χ1v) is 8.16. The van der Waals surface area contributed by atoms with Crippen molar-refractivity contribution >= 4 is 17.3 Å². The maximum absolute atomic E-state index is 9.04. The largest absolute Gasteiger partial charge is 0.362 e. The Bertz CT molecular complexity index is 797. The molecule has 0 aliphatic carbocycles. The van der Waals surface area contributed by atoms with E-state index in [1.807, 2.05) is 48.5 Å². The molecule has 0 saturated carbocycles. The smallest absolute Gasteiger partial charge is 0.0992 e.